The number of nitrogens with zero attached hydrogens (tertiary/aromatic N) is 4. The number of rotatable bonds is 5. The van der Waals surface area contributed by atoms with Gasteiger partial charge in [0.1, 0.15) is 17.4 Å². The van der Waals surface area contributed by atoms with Gasteiger partial charge in [-0.1, -0.05) is 18.2 Å². The molecule has 3 aliphatic rings. The molecule has 0 aliphatic carbocycles. The van der Waals surface area contributed by atoms with Crippen LogP contribution in [0.5, 0.6) is 5.75 Å². The van der Waals surface area contributed by atoms with Gasteiger partial charge in [-0.25, -0.2) is 9.37 Å². The number of hydrogen-bond acceptors (Lipinski definition) is 6. The lowest BCUT2D eigenvalue weighted by atomic mass is 9.77. The fourth-order valence-corrected chi connectivity index (χ4v) is 6.24. The monoisotopic (exact) mass is 516 g/mol. The van der Waals surface area contributed by atoms with Crippen LogP contribution in [-0.2, 0) is 10.3 Å². The Labute approximate surface area is 222 Å². The molecule has 38 heavy (non-hydrogen) atoms. The fraction of sp³-hybridized carbons (Fsp3) is 0.400. The third kappa shape index (κ3) is 4.22. The van der Waals surface area contributed by atoms with Gasteiger partial charge < -0.3 is 24.0 Å². The van der Waals surface area contributed by atoms with Crippen LogP contribution in [0.3, 0.4) is 0 Å². The minimum absolute atomic E-state index is 0.0894. The molecule has 8 heteroatoms. The van der Waals surface area contributed by atoms with E-state index in [0.29, 0.717) is 19.5 Å². The van der Waals surface area contributed by atoms with Gasteiger partial charge in [-0.3, -0.25) is 4.99 Å². The minimum atomic E-state index is -0.690. The zero-order chi connectivity index (χ0) is 26.3. The summed E-state index contributed by atoms with van der Waals surface area (Å²) in [7, 11) is 1.67. The Morgan fingerprint density at radius 3 is 2.71 bits per heavy atom. The van der Waals surface area contributed by atoms with Gasteiger partial charge >= 0.3 is 0 Å². The van der Waals surface area contributed by atoms with E-state index in [1.165, 1.54) is 12.1 Å². The highest BCUT2D eigenvalue weighted by atomic mass is 19.1. The Kier molecular flexibility index (Phi) is 6.32. The Balaban J connectivity index is 1.43. The molecule has 2 fully saturated rings. The summed E-state index contributed by atoms with van der Waals surface area (Å²) in [5.74, 6) is 1.34. The topological polar surface area (TPSA) is 72.1 Å². The lowest BCUT2D eigenvalue weighted by Crippen LogP contribution is -2.62. The zero-order valence-corrected chi connectivity index (χ0v) is 21.9. The van der Waals surface area contributed by atoms with Crippen molar-refractivity contribution in [3.05, 3.63) is 83.2 Å². The second-order valence-electron chi connectivity index (χ2n) is 10.6. The van der Waals surface area contributed by atoms with Crippen molar-refractivity contribution in [2.45, 2.75) is 43.7 Å². The van der Waals surface area contributed by atoms with Crippen molar-refractivity contribution in [3.63, 3.8) is 0 Å². The molecule has 3 aromatic rings. The molecule has 3 aliphatic heterocycles. The average Bonchev–Trinajstić information content (AvgIpc) is 3.57. The number of aromatic nitrogens is 2. The lowest BCUT2D eigenvalue weighted by molar-refractivity contribution is -0.0511. The number of aliphatic hydroxyl groups excluding tert-OH is 1. The number of fused-ring (bicyclic) bond motifs is 1. The minimum Gasteiger partial charge on any atom is -0.495 e. The molecule has 0 bridgehead atoms. The molecule has 6 rings (SSSR count). The van der Waals surface area contributed by atoms with Crippen molar-refractivity contribution in [3.8, 4) is 11.4 Å². The van der Waals surface area contributed by atoms with Crippen LogP contribution in [0.15, 0.2) is 65.6 Å². The number of ether oxygens (including phenoxy) is 2. The molecule has 2 atom stereocenters. The van der Waals surface area contributed by atoms with E-state index >= 15 is 0 Å². The third-order valence-corrected chi connectivity index (χ3v) is 8.17. The van der Waals surface area contributed by atoms with E-state index in [9.17, 15) is 9.50 Å². The largest absolute Gasteiger partial charge is 0.495 e. The van der Waals surface area contributed by atoms with E-state index in [1.54, 1.807) is 25.6 Å². The van der Waals surface area contributed by atoms with Crippen LogP contribution in [-0.4, -0.2) is 64.4 Å². The molecule has 0 saturated carbocycles. The van der Waals surface area contributed by atoms with Gasteiger partial charge in [0.05, 0.1) is 42.6 Å². The van der Waals surface area contributed by atoms with E-state index in [2.05, 4.69) is 22.0 Å². The molecule has 1 spiro atoms. The number of aliphatic hydroxyl groups is 1. The second kappa shape index (κ2) is 9.67. The number of benzene rings is 2. The van der Waals surface area contributed by atoms with E-state index in [1.807, 2.05) is 29.8 Å². The summed E-state index contributed by atoms with van der Waals surface area (Å²) in [4.78, 5) is 11.5. The van der Waals surface area contributed by atoms with Crippen LogP contribution in [0.2, 0.25) is 0 Å². The maximum absolute atomic E-state index is 13.8. The molecule has 4 heterocycles. The van der Waals surface area contributed by atoms with Gasteiger partial charge in [-0.15, -0.1) is 0 Å². The number of methoxy groups -OCH3 is 1. The SMILES string of the molecule is COc1cc(/C=C2\CC3(CCCO3)CN3C2=NCCC3(CO)c2ccc(F)cc2)ccc1-n1cnc(C)c1. The van der Waals surface area contributed by atoms with Crippen LogP contribution in [0.4, 0.5) is 4.39 Å². The number of amidine groups is 1. The van der Waals surface area contributed by atoms with Crippen LogP contribution in [0.25, 0.3) is 11.8 Å². The maximum Gasteiger partial charge on any atom is 0.143 e. The smallest absolute Gasteiger partial charge is 0.143 e. The lowest BCUT2D eigenvalue weighted by Gasteiger charge is -2.54. The molecule has 7 nitrogen and oxygen atoms in total. The van der Waals surface area contributed by atoms with Gasteiger partial charge in [-0.2, -0.15) is 0 Å². The van der Waals surface area contributed by atoms with Gasteiger partial charge in [0.25, 0.3) is 0 Å². The van der Waals surface area contributed by atoms with Crippen molar-refractivity contribution in [1.29, 1.82) is 0 Å². The number of piperidine rings is 1. The summed E-state index contributed by atoms with van der Waals surface area (Å²) < 4.78 is 27.9. The number of aliphatic imine (C=N–C) groups is 1. The second-order valence-corrected chi connectivity index (χ2v) is 10.6. The van der Waals surface area contributed by atoms with Crippen molar-refractivity contribution >= 4 is 11.9 Å². The number of halogens is 1. The first-order valence-electron chi connectivity index (χ1n) is 13.2. The highest BCUT2D eigenvalue weighted by molar-refractivity contribution is 6.04. The molecule has 1 aromatic heterocycles. The summed E-state index contributed by atoms with van der Waals surface area (Å²) in [6.45, 7) is 3.82. The highest BCUT2D eigenvalue weighted by Gasteiger charge is 2.51. The first kappa shape index (κ1) is 24.8. The van der Waals surface area contributed by atoms with Gasteiger partial charge in [0, 0.05) is 32.3 Å². The quantitative estimate of drug-likeness (QED) is 0.534. The molecule has 0 amide bonds. The molecule has 2 aromatic carbocycles. The predicted molar refractivity (Wildman–Crippen MR) is 144 cm³/mol. The Bertz CT molecular complexity index is 1390. The van der Waals surface area contributed by atoms with Crippen molar-refractivity contribution in [2.75, 3.05) is 33.4 Å². The molecule has 2 unspecified atom stereocenters. The van der Waals surface area contributed by atoms with Crippen LogP contribution in [0, 0.1) is 12.7 Å². The van der Waals surface area contributed by atoms with E-state index in [0.717, 1.165) is 65.5 Å². The Morgan fingerprint density at radius 1 is 1.18 bits per heavy atom. The van der Waals surface area contributed by atoms with Crippen molar-refractivity contribution < 1.29 is 19.0 Å². The van der Waals surface area contributed by atoms with Gasteiger partial charge in [0.15, 0.2) is 0 Å². The van der Waals surface area contributed by atoms with E-state index in [4.69, 9.17) is 14.5 Å². The summed E-state index contributed by atoms with van der Waals surface area (Å²) in [5, 5.41) is 10.8. The van der Waals surface area contributed by atoms with Crippen LogP contribution in [0.1, 0.15) is 42.5 Å². The van der Waals surface area contributed by atoms with Gasteiger partial charge in [0.2, 0.25) is 0 Å². The Morgan fingerprint density at radius 2 is 2.03 bits per heavy atom. The fourth-order valence-electron chi connectivity index (χ4n) is 6.24. The molecular weight excluding hydrogens is 483 g/mol. The summed E-state index contributed by atoms with van der Waals surface area (Å²) in [6.07, 6.45) is 9.26. The van der Waals surface area contributed by atoms with E-state index < -0.39 is 5.54 Å². The van der Waals surface area contributed by atoms with E-state index in [-0.39, 0.29) is 18.0 Å². The number of imidazole rings is 1. The van der Waals surface area contributed by atoms with Crippen molar-refractivity contribution in [1.82, 2.24) is 14.5 Å². The summed E-state index contributed by atoms with van der Waals surface area (Å²) in [5.41, 5.74) is 3.78. The molecular formula is C30H33FN4O3. The molecule has 198 valence electrons. The van der Waals surface area contributed by atoms with Gasteiger partial charge in [-0.05, 0) is 73.2 Å². The van der Waals surface area contributed by atoms with Crippen LogP contribution >= 0.6 is 0 Å². The standard InChI is InChI=1S/C30H33FN4O3/c1-21-17-34(20-33-21)26-9-4-22(15-27(26)37-2)14-23-16-29(10-3-13-38-29)18-35-28(23)32-12-11-30(35,19-36)24-5-7-25(31)8-6-24/h4-9,14-15,17,20,36H,3,10-13,16,18-19H2,1-2H3/b23-14+. The summed E-state index contributed by atoms with van der Waals surface area (Å²) in [6, 6.07) is 12.7. The number of aryl methyl sites for hydroxylation is 1. The maximum atomic E-state index is 13.8. The first-order chi connectivity index (χ1) is 18.4. The normalized spacial score (nSPS) is 26.1. The van der Waals surface area contributed by atoms with Crippen LogP contribution < -0.4 is 4.74 Å². The number of hydrogen-bond donors (Lipinski definition) is 1. The van der Waals surface area contributed by atoms with Crippen molar-refractivity contribution in [2.24, 2.45) is 4.99 Å². The molecule has 1 N–H and O–H groups in total. The Hall–Kier alpha value is -3.49. The predicted octanol–water partition coefficient (Wildman–Crippen LogP) is 4.66. The highest BCUT2D eigenvalue weighted by Crippen LogP contribution is 2.46. The molecule has 0 radical (unpaired) electrons. The average molecular weight is 517 g/mol. The zero-order valence-electron chi connectivity index (χ0n) is 21.9. The molecule has 2 saturated heterocycles. The third-order valence-electron chi connectivity index (χ3n) is 8.17. The summed E-state index contributed by atoms with van der Waals surface area (Å²) >= 11 is 0. The first-order valence-corrected chi connectivity index (χ1v) is 13.2.